The van der Waals surface area contributed by atoms with E-state index >= 15 is 0 Å². The lowest BCUT2D eigenvalue weighted by Crippen LogP contribution is -2.04. The van der Waals surface area contributed by atoms with Crippen LogP contribution in [0.2, 0.25) is 0 Å². The van der Waals surface area contributed by atoms with Crippen molar-refractivity contribution in [3.05, 3.63) is 23.8 Å². The first kappa shape index (κ1) is 16.4. The lowest BCUT2D eigenvalue weighted by Gasteiger charge is -2.09. The molecular formula is C17H27N3. The van der Waals surface area contributed by atoms with Crippen LogP contribution in [0, 0.1) is 11.3 Å². The second-order valence-corrected chi connectivity index (χ2v) is 5.32. The van der Waals surface area contributed by atoms with Crippen LogP contribution in [-0.2, 0) is 0 Å². The molecule has 0 aliphatic rings. The summed E-state index contributed by atoms with van der Waals surface area (Å²) in [5, 5.41) is 12.1. The summed E-state index contributed by atoms with van der Waals surface area (Å²) in [6, 6.07) is 7.50. The van der Waals surface area contributed by atoms with Crippen LogP contribution < -0.4 is 11.1 Å². The van der Waals surface area contributed by atoms with Crippen molar-refractivity contribution in [2.75, 3.05) is 17.6 Å². The molecule has 0 radical (unpaired) electrons. The van der Waals surface area contributed by atoms with Gasteiger partial charge in [0.25, 0.3) is 0 Å². The third-order valence-electron chi connectivity index (χ3n) is 3.53. The van der Waals surface area contributed by atoms with Crippen molar-refractivity contribution >= 4 is 11.4 Å². The number of unbranched alkanes of at least 4 members (excludes halogenated alkanes) is 7. The molecule has 0 atom stereocenters. The molecule has 3 heteroatoms. The van der Waals surface area contributed by atoms with E-state index in [4.69, 9.17) is 11.0 Å². The molecule has 1 aromatic carbocycles. The van der Waals surface area contributed by atoms with E-state index in [2.05, 4.69) is 18.3 Å². The number of rotatable bonds is 10. The zero-order valence-corrected chi connectivity index (χ0v) is 12.6. The van der Waals surface area contributed by atoms with Crippen molar-refractivity contribution in [2.24, 2.45) is 0 Å². The topological polar surface area (TPSA) is 61.8 Å². The zero-order valence-electron chi connectivity index (χ0n) is 12.6. The first-order valence-corrected chi connectivity index (χ1v) is 7.81. The van der Waals surface area contributed by atoms with Crippen LogP contribution in [-0.4, -0.2) is 6.54 Å². The average Bonchev–Trinajstić information content (AvgIpc) is 2.47. The molecule has 1 rings (SSSR count). The minimum atomic E-state index is 0.611. The van der Waals surface area contributed by atoms with E-state index in [1.54, 1.807) is 12.1 Å². The molecule has 0 saturated carbocycles. The second-order valence-electron chi connectivity index (χ2n) is 5.32. The van der Waals surface area contributed by atoms with Gasteiger partial charge in [0.05, 0.1) is 23.0 Å². The molecule has 0 saturated heterocycles. The van der Waals surface area contributed by atoms with Gasteiger partial charge in [-0.05, 0) is 24.6 Å². The van der Waals surface area contributed by atoms with Gasteiger partial charge >= 0.3 is 0 Å². The Labute approximate surface area is 123 Å². The molecule has 0 amide bonds. The molecule has 0 aromatic heterocycles. The maximum atomic E-state index is 8.78. The summed E-state index contributed by atoms with van der Waals surface area (Å²) in [6.45, 7) is 3.20. The van der Waals surface area contributed by atoms with Gasteiger partial charge in [-0.3, -0.25) is 0 Å². The molecule has 0 aliphatic carbocycles. The molecule has 0 aliphatic heterocycles. The van der Waals surface area contributed by atoms with Gasteiger partial charge in [-0.15, -0.1) is 0 Å². The summed E-state index contributed by atoms with van der Waals surface area (Å²) in [5.74, 6) is 0. The van der Waals surface area contributed by atoms with Gasteiger partial charge < -0.3 is 11.1 Å². The molecule has 3 nitrogen and oxygen atoms in total. The molecule has 0 fully saturated rings. The number of nitriles is 1. The Balaban J connectivity index is 2.08. The van der Waals surface area contributed by atoms with E-state index in [0.717, 1.165) is 12.2 Å². The molecule has 0 heterocycles. The van der Waals surface area contributed by atoms with Gasteiger partial charge in [0.15, 0.2) is 0 Å². The van der Waals surface area contributed by atoms with Crippen LogP contribution in [0.3, 0.4) is 0 Å². The summed E-state index contributed by atoms with van der Waals surface area (Å²) in [6.07, 6.45) is 10.6. The van der Waals surface area contributed by atoms with Crippen LogP contribution in [0.5, 0.6) is 0 Å². The minimum absolute atomic E-state index is 0.611. The summed E-state index contributed by atoms with van der Waals surface area (Å²) in [5.41, 5.74) is 8.10. The Bertz CT molecular complexity index is 421. The Hall–Kier alpha value is -1.69. The molecule has 110 valence electrons. The van der Waals surface area contributed by atoms with Crippen LogP contribution in [0.1, 0.15) is 63.9 Å². The van der Waals surface area contributed by atoms with Crippen LogP contribution in [0.4, 0.5) is 11.4 Å². The van der Waals surface area contributed by atoms with Crippen LogP contribution in [0.25, 0.3) is 0 Å². The third-order valence-corrected chi connectivity index (χ3v) is 3.53. The summed E-state index contributed by atoms with van der Waals surface area (Å²) >= 11 is 0. The maximum absolute atomic E-state index is 8.78. The highest BCUT2D eigenvalue weighted by molar-refractivity contribution is 5.68. The lowest BCUT2D eigenvalue weighted by atomic mass is 10.1. The van der Waals surface area contributed by atoms with Gasteiger partial charge in [0.1, 0.15) is 0 Å². The Morgan fingerprint density at radius 2 is 1.70 bits per heavy atom. The number of nitrogens with two attached hydrogens (primary N) is 1. The highest BCUT2D eigenvalue weighted by Gasteiger charge is 1.99. The third kappa shape index (κ3) is 6.47. The van der Waals surface area contributed by atoms with E-state index in [9.17, 15) is 0 Å². The molecule has 0 bridgehead atoms. The monoisotopic (exact) mass is 273 g/mol. The van der Waals surface area contributed by atoms with E-state index in [0.29, 0.717) is 11.3 Å². The zero-order chi connectivity index (χ0) is 14.6. The number of benzene rings is 1. The Morgan fingerprint density at radius 3 is 2.30 bits per heavy atom. The van der Waals surface area contributed by atoms with Gasteiger partial charge in [0, 0.05) is 6.54 Å². The van der Waals surface area contributed by atoms with Crippen molar-refractivity contribution in [2.45, 2.75) is 58.3 Å². The summed E-state index contributed by atoms with van der Waals surface area (Å²) in [4.78, 5) is 0. The van der Waals surface area contributed by atoms with E-state index < -0.39 is 0 Å². The van der Waals surface area contributed by atoms with E-state index in [1.807, 2.05) is 6.07 Å². The smallest absolute Gasteiger partial charge is 0.0992 e. The Morgan fingerprint density at radius 1 is 1.05 bits per heavy atom. The Kier molecular flexibility index (Phi) is 8.30. The first-order chi connectivity index (χ1) is 9.77. The molecule has 3 N–H and O–H groups in total. The molecule has 0 unspecified atom stereocenters. The van der Waals surface area contributed by atoms with Gasteiger partial charge in [0.2, 0.25) is 0 Å². The van der Waals surface area contributed by atoms with Crippen LogP contribution >= 0.6 is 0 Å². The predicted molar refractivity (Wildman–Crippen MR) is 86.7 cm³/mol. The number of anilines is 2. The van der Waals surface area contributed by atoms with Crippen molar-refractivity contribution in [1.82, 2.24) is 0 Å². The minimum Gasteiger partial charge on any atom is -0.397 e. The standard InChI is InChI=1S/C17H27N3/c1-2-3-4-5-6-7-8-9-12-20-17-11-10-15(14-18)13-16(17)19/h10-11,13,20H,2-9,12,19H2,1H3. The van der Waals surface area contributed by atoms with Crippen molar-refractivity contribution < 1.29 is 0 Å². The van der Waals surface area contributed by atoms with Gasteiger partial charge in [-0.2, -0.15) is 5.26 Å². The number of hydrogen-bond donors (Lipinski definition) is 2. The van der Waals surface area contributed by atoms with Crippen molar-refractivity contribution in [1.29, 1.82) is 5.26 Å². The molecule has 1 aromatic rings. The van der Waals surface area contributed by atoms with Gasteiger partial charge in [-0.1, -0.05) is 51.9 Å². The number of nitrogens with zero attached hydrogens (tertiary/aromatic N) is 1. The fourth-order valence-electron chi connectivity index (χ4n) is 2.28. The normalized spacial score (nSPS) is 10.2. The predicted octanol–water partition coefficient (Wildman–Crippen LogP) is 4.69. The summed E-state index contributed by atoms with van der Waals surface area (Å²) < 4.78 is 0. The van der Waals surface area contributed by atoms with Crippen LogP contribution in [0.15, 0.2) is 18.2 Å². The first-order valence-electron chi connectivity index (χ1n) is 7.81. The fraction of sp³-hybridized carbons (Fsp3) is 0.588. The van der Waals surface area contributed by atoms with Crippen molar-refractivity contribution in [3.63, 3.8) is 0 Å². The molecule has 0 spiro atoms. The maximum Gasteiger partial charge on any atom is 0.0992 e. The summed E-state index contributed by atoms with van der Waals surface area (Å²) in [7, 11) is 0. The highest BCUT2D eigenvalue weighted by Crippen LogP contribution is 2.19. The quantitative estimate of drug-likeness (QED) is 0.480. The van der Waals surface area contributed by atoms with E-state index in [1.165, 1.54) is 51.4 Å². The number of nitrogens with one attached hydrogen (secondary N) is 1. The number of nitrogen functional groups attached to an aromatic ring is 1. The fourth-order valence-corrected chi connectivity index (χ4v) is 2.28. The molecule has 20 heavy (non-hydrogen) atoms. The number of hydrogen-bond acceptors (Lipinski definition) is 3. The SMILES string of the molecule is CCCCCCCCCCNc1ccc(C#N)cc1N. The highest BCUT2D eigenvalue weighted by atomic mass is 14.9. The molecular weight excluding hydrogens is 246 g/mol. The average molecular weight is 273 g/mol. The van der Waals surface area contributed by atoms with Crippen molar-refractivity contribution in [3.8, 4) is 6.07 Å². The van der Waals surface area contributed by atoms with Gasteiger partial charge in [-0.25, -0.2) is 0 Å². The lowest BCUT2D eigenvalue weighted by molar-refractivity contribution is 0.581. The largest absolute Gasteiger partial charge is 0.397 e. The second kappa shape index (κ2) is 10.1. The van der Waals surface area contributed by atoms with E-state index in [-0.39, 0.29) is 0 Å².